The highest BCUT2D eigenvalue weighted by molar-refractivity contribution is 6.03. The maximum Gasteiger partial charge on any atom is 0.573 e. The summed E-state index contributed by atoms with van der Waals surface area (Å²) in [6, 6.07) is 4.45. The van der Waals surface area contributed by atoms with Crippen molar-refractivity contribution >= 4 is 17.8 Å². The number of ether oxygens (including phenoxy) is 1. The van der Waals surface area contributed by atoms with Gasteiger partial charge in [-0.15, -0.1) is 18.2 Å². The Balaban J connectivity index is 2.19. The van der Waals surface area contributed by atoms with Crippen LogP contribution in [0.5, 0.6) is 5.75 Å². The number of benzene rings is 1. The molecule has 0 aromatic heterocycles. The van der Waals surface area contributed by atoms with E-state index >= 15 is 0 Å². The zero-order chi connectivity index (χ0) is 15.6. The summed E-state index contributed by atoms with van der Waals surface area (Å²) in [5.41, 5.74) is -0.553. The molecule has 2 amide bonds. The van der Waals surface area contributed by atoms with Gasteiger partial charge in [0.05, 0.1) is 0 Å². The van der Waals surface area contributed by atoms with Gasteiger partial charge in [-0.3, -0.25) is 9.59 Å². The molecule has 1 aromatic rings. The molecule has 0 bridgehead atoms. The summed E-state index contributed by atoms with van der Waals surface area (Å²) in [6.45, 7) is 0. The number of hydrogen-bond donors (Lipinski definition) is 0. The fraction of sp³-hybridized carbons (Fsp3) is 0.250. The predicted octanol–water partition coefficient (Wildman–Crippen LogP) is 1.81. The van der Waals surface area contributed by atoms with Gasteiger partial charge in [0.2, 0.25) is 0 Å². The Morgan fingerprint density at radius 1 is 1.10 bits per heavy atom. The highest BCUT2D eigenvalue weighted by atomic mass is 19.4. The predicted molar refractivity (Wildman–Crippen MR) is 59.6 cm³/mol. The molecule has 2 rings (SSSR count). The normalized spacial score (nSPS) is 15.3. The molecule has 112 valence electrons. The number of halogens is 3. The first-order chi connectivity index (χ1) is 9.78. The standard InChI is InChI=1S/C12H8F3NO5/c13-12(14,15)20-8-4-2-1-3-7(8)11(19)21-16-9(17)5-6-10(16)18/h1-4H,5-6H2. The number of hydroxylamine groups is 2. The van der Waals surface area contributed by atoms with Crippen LogP contribution >= 0.6 is 0 Å². The van der Waals surface area contributed by atoms with Crippen LogP contribution in [0.3, 0.4) is 0 Å². The minimum Gasteiger partial charge on any atom is -0.405 e. The first-order valence-electron chi connectivity index (χ1n) is 5.71. The van der Waals surface area contributed by atoms with Gasteiger partial charge < -0.3 is 9.57 Å². The summed E-state index contributed by atoms with van der Waals surface area (Å²) in [7, 11) is 0. The lowest BCUT2D eigenvalue weighted by Crippen LogP contribution is -2.32. The van der Waals surface area contributed by atoms with E-state index < -0.39 is 35.5 Å². The summed E-state index contributed by atoms with van der Waals surface area (Å²) in [6.07, 6.45) is -5.23. The molecule has 0 unspecified atom stereocenters. The quantitative estimate of drug-likeness (QED) is 0.796. The summed E-state index contributed by atoms with van der Waals surface area (Å²) in [5.74, 6) is -3.54. The van der Waals surface area contributed by atoms with Gasteiger partial charge in [-0.25, -0.2) is 4.79 Å². The minimum absolute atomic E-state index is 0.118. The van der Waals surface area contributed by atoms with Crippen LogP contribution in [-0.2, 0) is 14.4 Å². The summed E-state index contributed by atoms with van der Waals surface area (Å²) >= 11 is 0. The third kappa shape index (κ3) is 3.50. The molecule has 1 aliphatic heterocycles. The lowest BCUT2D eigenvalue weighted by atomic mass is 10.2. The number of rotatable bonds is 3. The summed E-state index contributed by atoms with van der Waals surface area (Å²) < 4.78 is 40.3. The van der Waals surface area contributed by atoms with Crippen molar-refractivity contribution in [1.82, 2.24) is 5.06 Å². The first kappa shape index (κ1) is 14.8. The van der Waals surface area contributed by atoms with Crippen molar-refractivity contribution in [3.8, 4) is 5.75 Å². The van der Waals surface area contributed by atoms with Gasteiger partial charge in [0.15, 0.2) is 0 Å². The number of carbonyl (C=O) groups excluding carboxylic acids is 3. The van der Waals surface area contributed by atoms with E-state index in [0.717, 1.165) is 12.1 Å². The van der Waals surface area contributed by atoms with Crippen LogP contribution < -0.4 is 4.74 Å². The molecular weight excluding hydrogens is 295 g/mol. The van der Waals surface area contributed by atoms with E-state index in [0.29, 0.717) is 0 Å². The third-order valence-corrected chi connectivity index (χ3v) is 2.51. The van der Waals surface area contributed by atoms with Crippen molar-refractivity contribution in [3.05, 3.63) is 29.8 Å². The van der Waals surface area contributed by atoms with Crippen LogP contribution in [-0.4, -0.2) is 29.2 Å². The second-order valence-corrected chi connectivity index (χ2v) is 4.00. The third-order valence-electron chi connectivity index (χ3n) is 2.51. The van der Waals surface area contributed by atoms with E-state index in [2.05, 4.69) is 9.57 Å². The van der Waals surface area contributed by atoms with E-state index in [9.17, 15) is 27.6 Å². The average Bonchev–Trinajstić information content (AvgIpc) is 2.69. The zero-order valence-corrected chi connectivity index (χ0v) is 10.3. The Labute approximate surface area is 116 Å². The number of nitrogens with zero attached hydrogens (tertiary/aromatic N) is 1. The van der Waals surface area contributed by atoms with Crippen LogP contribution in [0.15, 0.2) is 24.3 Å². The SMILES string of the molecule is O=C(ON1C(=O)CCC1=O)c1ccccc1OC(F)(F)F. The van der Waals surface area contributed by atoms with Crippen LogP contribution in [0.1, 0.15) is 23.2 Å². The van der Waals surface area contributed by atoms with Crippen molar-refractivity contribution < 1.29 is 37.1 Å². The average molecular weight is 303 g/mol. The van der Waals surface area contributed by atoms with Gasteiger partial charge in [0.1, 0.15) is 11.3 Å². The molecule has 1 saturated heterocycles. The fourth-order valence-corrected chi connectivity index (χ4v) is 1.64. The molecule has 1 aromatic carbocycles. The molecule has 21 heavy (non-hydrogen) atoms. The first-order valence-corrected chi connectivity index (χ1v) is 5.71. The highest BCUT2D eigenvalue weighted by Crippen LogP contribution is 2.27. The second-order valence-electron chi connectivity index (χ2n) is 4.00. The zero-order valence-electron chi connectivity index (χ0n) is 10.3. The molecule has 1 fully saturated rings. The van der Waals surface area contributed by atoms with Gasteiger partial charge in [-0.1, -0.05) is 12.1 Å². The van der Waals surface area contributed by atoms with Crippen molar-refractivity contribution in [1.29, 1.82) is 0 Å². The topological polar surface area (TPSA) is 72.9 Å². The maximum atomic E-state index is 12.2. The van der Waals surface area contributed by atoms with Crippen molar-refractivity contribution in [2.45, 2.75) is 19.2 Å². The van der Waals surface area contributed by atoms with E-state index in [1.165, 1.54) is 12.1 Å². The Hall–Kier alpha value is -2.58. The van der Waals surface area contributed by atoms with E-state index in [1.54, 1.807) is 0 Å². The number of para-hydroxylation sites is 1. The molecule has 0 N–H and O–H groups in total. The lowest BCUT2D eigenvalue weighted by Gasteiger charge is -2.15. The van der Waals surface area contributed by atoms with Crippen molar-refractivity contribution in [3.63, 3.8) is 0 Å². The molecule has 6 nitrogen and oxygen atoms in total. The van der Waals surface area contributed by atoms with Gasteiger partial charge in [0.25, 0.3) is 11.8 Å². The molecule has 0 spiro atoms. The molecule has 1 heterocycles. The smallest absolute Gasteiger partial charge is 0.405 e. The Bertz CT molecular complexity index is 583. The van der Waals surface area contributed by atoms with Crippen molar-refractivity contribution in [2.75, 3.05) is 0 Å². The van der Waals surface area contributed by atoms with Gasteiger partial charge in [0, 0.05) is 12.8 Å². The van der Waals surface area contributed by atoms with E-state index in [4.69, 9.17) is 0 Å². The van der Waals surface area contributed by atoms with Gasteiger partial charge in [-0.2, -0.15) is 0 Å². The van der Waals surface area contributed by atoms with Gasteiger partial charge >= 0.3 is 12.3 Å². The number of amides is 2. The molecule has 9 heteroatoms. The molecule has 0 atom stereocenters. The largest absolute Gasteiger partial charge is 0.573 e. The number of alkyl halides is 3. The molecule has 1 aliphatic rings. The van der Waals surface area contributed by atoms with Crippen molar-refractivity contribution in [2.24, 2.45) is 0 Å². The number of carbonyl (C=O) groups is 3. The van der Waals surface area contributed by atoms with E-state index in [-0.39, 0.29) is 17.9 Å². The fourth-order valence-electron chi connectivity index (χ4n) is 1.64. The number of hydrogen-bond acceptors (Lipinski definition) is 5. The molecular formula is C12H8F3NO5. The Morgan fingerprint density at radius 2 is 1.67 bits per heavy atom. The molecule has 0 aliphatic carbocycles. The molecule has 0 saturated carbocycles. The summed E-state index contributed by atoms with van der Waals surface area (Å²) in [5, 5.41) is 0.243. The van der Waals surface area contributed by atoms with Crippen LogP contribution in [0, 0.1) is 0 Å². The Kier molecular flexibility index (Phi) is 3.83. The second kappa shape index (κ2) is 5.43. The Morgan fingerprint density at radius 3 is 2.24 bits per heavy atom. The molecule has 0 radical (unpaired) electrons. The minimum atomic E-state index is -4.99. The van der Waals surface area contributed by atoms with E-state index in [1.807, 2.05) is 0 Å². The monoisotopic (exact) mass is 303 g/mol. The van der Waals surface area contributed by atoms with Gasteiger partial charge in [-0.05, 0) is 12.1 Å². The lowest BCUT2D eigenvalue weighted by molar-refractivity contribution is -0.274. The summed E-state index contributed by atoms with van der Waals surface area (Å²) in [4.78, 5) is 38.9. The van der Waals surface area contributed by atoms with Crippen LogP contribution in [0.4, 0.5) is 13.2 Å². The van der Waals surface area contributed by atoms with Crippen LogP contribution in [0.25, 0.3) is 0 Å². The van der Waals surface area contributed by atoms with Crippen LogP contribution in [0.2, 0.25) is 0 Å². The maximum absolute atomic E-state index is 12.2. The highest BCUT2D eigenvalue weighted by Gasteiger charge is 2.36. The number of imide groups is 1.